The van der Waals surface area contributed by atoms with Gasteiger partial charge in [-0.1, -0.05) is 51.0 Å². The highest BCUT2D eigenvalue weighted by Crippen LogP contribution is 2.10. The third kappa shape index (κ3) is 8.13. The van der Waals surface area contributed by atoms with Gasteiger partial charge in [0.25, 0.3) is 10.2 Å². The maximum Gasteiger partial charge on any atom is 0.279 e. The minimum Gasteiger partial charge on any atom is -0.218 e. The smallest absolute Gasteiger partial charge is 0.218 e. The SMILES string of the molecule is CCCCN(CCCC)S(=O)(=O)NCc1ccc(CS(=O)(=O)NC)cc1. The van der Waals surface area contributed by atoms with Crippen molar-refractivity contribution in [2.75, 3.05) is 20.1 Å². The van der Waals surface area contributed by atoms with Gasteiger partial charge in [0.1, 0.15) is 0 Å². The maximum absolute atomic E-state index is 12.5. The standard InChI is InChI=1S/C17H31N3O4S2/c1-4-6-12-20(13-7-5-2)26(23,24)19-14-16-8-10-17(11-9-16)15-25(21,22)18-3/h8-11,18-19H,4-7,12-15H2,1-3H3. The second-order valence-electron chi connectivity index (χ2n) is 6.21. The summed E-state index contributed by atoms with van der Waals surface area (Å²) < 4.78 is 54.6. The molecule has 0 unspecified atom stereocenters. The molecule has 9 heteroatoms. The summed E-state index contributed by atoms with van der Waals surface area (Å²) in [7, 11) is -5.47. The van der Waals surface area contributed by atoms with Crippen molar-refractivity contribution in [3.8, 4) is 0 Å². The van der Waals surface area contributed by atoms with Gasteiger partial charge in [-0.25, -0.2) is 13.1 Å². The fourth-order valence-electron chi connectivity index (χ4n) is 2.33. The van der Waals surface area contributed by atoms with E-state index in [-0.39, 0.29) is 12.3 Å². The van der Waals surface area contributed by atoms with Crippen LogP contribution in [0.25, 0.3) is 0 Å². The quantitative estimate of drug-likeness (QED) is 0.524. The molecule has 1 rings (SSSR count). The molecule has 1 aromatic rings. The Hall–Kier alpha value is -1.00. The molecule has 7 nitrogen and oxygen atoms in total. The molecule has 0 amide bonds. The van der Waals surface area contributed by atoms with Crippen LogP contribution in [0.3, 0.4) is 0 Å². The van der Waals surface area contributed by atoms with E-state index in [0.29, 0.717) is 18.7 Å². The lowest BCUT2D eigenvalue weighted by Gasteiger charge is -2.22. The number of hydrogen-bond donors (Lipinski definition) is 2. The first-order chi connectivity index (χ1) is 12.2. The van der Waals surface area contributed by atoms with Crippen molar-refractivity contribution in [3.05, 3.63) is 35.4 Å². The van der Waals surface area contributed by atoms with Crippen LogP contribution in [0.5, 0.6) is 0 Å². The Morgan fingerprint density at radius 3 is 1.85 bits per heavy atom. The molecule has 0 aliphatic heterocycles. The average molecular weight is 406 g/mol. The Bertz CT molecular complexity index is 724. The maximum atomic E-state index is 12.5. The van der Waals surface area contributed by atoms with E-state index in [1.54, 1.807) is 24.3 Å². The molecule has 0 saturated heterocycles. The first kappa shape index (κ1) is 23.0. The van der Waals surface area contributed by atoms with Crippen LogP contribution in [0.2, 0.25) is 0 Å². The van der Waals surface area contributed by atoms with Gasteiger partial charge in [-0.15, -0.1) is 0 Å². The normalized spacial score (nSPS) is 12.6. The second kappa shape index (κ2) is 11.0. The molecule has 0 heterocycles. The van der Waals surface area contributed by atoms with Crippen molar-refractivity contribution in [2.24, 2.45) is 0 Å². The number of nitrogens with zero attached hydrogens (tertiary/aromatic N) is 1. The molecule has 2 N–H and O–H groups in total. The van der Waals surface area contributed by atoms with Crippen molar-refractivity contribution >= 4 is 20.2 Å². The number of sulfonamides is 1. The summed E-state index contributed by atoms with van der Waals surface area (Å²) in [6.45, 7) is 5.29. The molecule has 0 aliphatic carbocycles. The first-order valence-electron chi connectivity index (χ1n) is 8.97. The van der Waals surface area contributed by atoms with E-state index in [2.05, 4.69) is 9.44 Å². The van der Waals surface area contributed by atoms with Crippen LogP contribution in [0.15, 0.2) is 24.3 Å². The van der Waals surface area contributed by atoms with Gasteiger partial charge in [-0.3, -0.25) is 0 Å². The Labute approximate surface area is 158 Å². The molecular weight excluding hydrogens is 374 g/mol. The van der Waals surface area contributed by atoms with Crippen molar-refractivity contribution < 1.29 is 16.8 Å². The third-order valence-corrected chi connectivity index (χ3v) is 6.90. The van der Waals surface area contributed by atoms with E-state index < -0.39 is 20.2 Å². The largest absolute Gasteiger partial charge is 0.279 e. The van der Waals surface area contributed by atoms with Gasteiger partial charge in [0.15, 0.2) is 0 Å². The van der Waals surface area contributed by atoms with E-state index in [1.165, 1.54) is 11.4 Å². The zero-order valence-electron chi connectivity index (χ0n) is 15.9. The van der Waals surface area contributed by atoms with Crippen molar-refractivity contribution in [1.29, 1.82) is 0 Å². The summed E-state index contributed by atoms with van der Waals surface area (Å²) in [6, 6.07) is 6.88. The van der Waals surface area contributed by atoms with Gasteiger partial charge in [0, 0.05) is 19.6 Å². The molecule has 1 aromatic carbocycles. The Balaban J connectivity index is 2.70. The Morgan fingerprint density at radius 2 is 1.38 bits per heavy atom. The highest BCUT2D eigenvalue weighted by molar-refractivity contribution is 7.88. The predicted octanol–water partition coefficient (Wildman–Crippen LogP) is 1.97. The summed E-state index contributed by atoms with van der Waals surface area (Å²) in [6.07, 6.45) is 3.54. The van der Waals surface area contributed by atoms with Gasteiger partial charge in [0.2, 0.25) is 10.0 Å². The summed E-state index contributed by atoms with van der Waals surface area (Å²) >= 11 is 0. The van der Waals surface area contributed by atoms with E-state index in [1.807, 2.05) is 13.8 Å². The molecule has 0 spiro atoms. The van der Waals surface area contributed by atoms with Crippen LogP contribution >= 0.6 is 0 Å². The molecule has 0 aliphatic rings. The minimum atomic E-state index is -3.53. The fourth-order valence-corrected chi connectivity index (χ4v) is 4.38. The number of hydrogen-bond acceptors (Lipinski definition) is 4. The van der Waals surface area contributed by atoms with E-state index in [9.17, 15) is 16.8 Å². The Kier molecular flexibility index (Phi) is 9.73. The monoisotopic (exact) mass is 405 g/mol. The van der Waals surface area contributed by atoms with E-state index in [0.717, 1.165) is 31.2 Å². The fraction of sp³-hybridized carbons (Fsp3) is 0.647. The minimum absolute atomic E-state index is 0.0999. The van der Waals surface area contributed by atoms with Crippen molar-refractivity contribution in [3.63, 3.8) is 0 Å². The first-order valence-corrected chi connectivity index (χ1v) is 12.1. The lowest BCUT2D eigenvalue weighted by Crippen LogP contribution is -2.41. The highest BCUT2D eigenvalue weighted by atomic mass is 32.2. The van der Waals surface area contributed by atoms with Crippen LogP contribution in [0, 0.1) is 0 Å². The van der Waals surface area contributed by atoms with Crippen LogP contribution in [-0.2, 0) is 32.5 Å². The molecular formula is C17H31N3O4S2. The lowest BCUT2D eigenvalue weighted by molar-refractivity contribution is 0.388. The van der Waals surface area contributed by atoms with Crippen molar-refractivity contribution in [1.82, 2.24) is 13.7 Å². The molecule has 26 heavy (non-hydrogen) atoms. The third-order valence-electron chi connectivity index (χ3n) is 4.01. The molecule has 0 atom stereocenters. The summed E-state index contributed by atoms with van der Waals surface area (Å²) in [4.78, 5) is 0. The molecule has 0 bridgehead atoms. The highest BCUT2D eigenvalue weighted by Gasteiger charge is 2.20. The molecule has 0 radical (unpaired) electrons. The van der Waals surface area contributed by atoms with Crippen LogP contribution in [0.4, 0.5) is 0 Å². The van der Waals surface area contributed by atoms with Crippen LogP contribution in [0.1, 0.15) is 50.7 Å². The molecule has 0 fully saturated rings. The predicted molar refractivity (Wildman–Crippen MR) is 105 cm³/mol. The van der Waals surface area contributed by atoms with Crippen LogP contribution < -0.4 is 9.44 Å². The van der Waals surface area contributed by atoms with Gasteiger partial charge in [0.05, 0.1) is 5.75 Å². The van der Waals surface area contributed by atoms with Gasteiger partial charge < -0.3 is 0 Å². The van der Waals surface area contributed by atoms with E-state index >= 15 is 0 Å². The second-order valence-corrected chi connectivity index (χ2v) is 9.89. The number of benzene rings is 1. The van der Waals surface area contributed by atoms with Crippen molar-refractivity contribution in [2.45, 2.75) is 51.8 Å². The zero-order valence-corrected chi connectivity index (χ0v) is 17.5. The summed E-state index contributed by atoms with van der Waals surface area (Å²) in [5.41, 5.74) is 1.43. The van der Waals surface area contributed by atoms with Crippen LogP contribution in [-0.4, -0.2) is 41.3 Å². The number of unbranched alkanes of at least 4 members (excludes halogenated alkanes) is 2. The number of nitrogens with one attached hydrogen (secondary N) is 2. The van der Waals surface area contributed by atoms with E-state index in [4.69, 9.17) is 0 Å². The number of rotatable bonds is 13. The Morgan fingerprint density at radius 1 is 0.885 bits per heavy atom. The van der Waals surface area contributed by atoms with Gasteiger partial charge in [-0.05, 0) is 31.0 Å². The van der Waals surface area contributed by atoms with Gasteiger partial charge >= 0.3 is 0 Å². The topological polar surface area (TPSA) is 95.6 Å². The molecule has 150 valence electrons. The summed E-state index contributed by atoms with van der Waals surface area (Å²) in [5, 5.41) is 0. The zero-order chi connectivity index (χ0) is 19.6. The molecule has 0 saturated carbocycles. The van der Waals surface area contributed by atoms with Gasteiger partial charge in [-0.2, -0.15) is 17.4 Å². The molecule has 0 aromatic heterocycles. The summed E-state index contributed by atoms with van der Waals surface area (Å²) in [5.74, 6) is -0.0999. The average Bonchev–Trinajstić information content (AvgIpc) is 2.61. The lowest BCUT2D eigenvalue weighted by atomic mass is 10.1.